The Morgan fingerprint density at radius 1 is 1.21 bits per heavy atom. The van der Waals surface area contributed by atoms with Gasteiger partial charge in [-0.3, -0.25) is 9.36 Å². The van der Waals surface area contributed by atoms with E-state index in [9.17, 15) is 14.4 Å². The van der Waals surface area contributed by atoms with Crippen LogP contribution in [0, 0.1) is 5.92 Å². The molecule has 28 heavy (non-hydrogen) atoms. The molecule has 0 N–H and O–H groups in total. The lowest BCUT2D eigenvalue weighted by Gasteiger charge is -2.33. The number of para-hydroxylation sites is 2. The first kappa shape index (κ1) is 18.8. The zero-order chi connectivity index (χ0) is 19.7. The SMILES string of the molecule is COC(=O)C1CC2CCCCC2N1C(=O)CCCn1c(=O)oc2ccccc21. The molecule has 1 saturated heterocycles. The normalized spacial score (nSPS) is 24.3. The average molecular weight is 386 g/mol. The summed E-state index contributed by atoms with van der Waals surface area (Å²) in [6.07, 6.45) is 5.79. The quantitative estimate of drug-likeness (QED) is 0.738. The third-order valence-electron chi connectivity index (χ3n) is 6.20. The number of amides is 1. The van der Waals surface area contributed by atoms with Crippen molar-refractivity contribution in [2.24, 2.45) is 5.92 Å². The molecule has 2 aromatic rings. The summed E-state index contributed by atoms with van der Waals surface area (Å²) in [5.74, 6) is -0.359. The monoisotopic (exact) mass is 386 g/mol. The van der Waals surface area contributed by atoms with Gasteiger partial charge in [-0.05, 0) is 43.7 Å². The van der Waals surface area contributed by atoms with Crippen LogP contribution in [0.4, 0.5) is 0 Å². The lowest BCUT2D eigenvalue weighted by molar-refractivity contribution is -0.152. The van der Waals surface area contributed by atoms with E-state index >= 15 is 0 Å². The number of rotatable bonds is 5. The molecular formula is C21H26N2O5. The van der Waals surface area contributed by atoms with Crippen molar-refractivity contribution in [2.75, 3.05) is 7.11 Å². The lowest BCUT2D eigenvalue weighted by atomic mass is 9.84. The van der Waals surface area contributed by atoms with E-state index in [1.165, 1.54) is 7.11 Å². The molecule has 3 unspecified atom stereocenters. The molecule has 3 atom stereocenters. The number of nitrogens with zero attached hydrogens (tertiary/aromatic N) is 2. The van der Waals surface area contributed by atoms with Crippen molar-refractivity contribution in [1.29, 1.82) is 0 Å². The molecule has 1 amide bonds. The number of hydrogen-bond donors (Lipinski definition) is 0. The second-order valence-electron chi connectivity index (χ2n) is 7.78. The number of oxazole rings is 1. The summed E-state index contributed by atoms with van der Waals surface area (Å²) in [5, 5.41) is 0. The standard InChI is InChI=1S/C21H26N2O5/c1-27-20(25)17-13-14-7-2-3-8-15(14)23(17)19(24)11-6-12-22-16-9-4-5-10-18(16)28-21(22)26/h4-5,9-10,14-15,17H,2-3,6-8,11-13H2,1H3. The Kier molecular flexibility index (Phi) is 5.24. The zero-order valence-corrected chi connectivity index (χ0v) is 16.1. The fourth-order valence-corrected chi connectivity index (χ4v) is 4.91. The van der Waals surface area contributed by atoms with Crippen molar-refractivity contribution in [3.63, 3.8) is 0 Å². The van der Waals surface area contributed by atoms with Gasteiger partial charge in [0.15, 0.2) is 5.58 Å². The highest BCUT2D eigenvalue weighted by Gasteiger charge is 2.47. The van der Waals surface area contributed by atoms with Gasteiger partial charge in [0.1, 0.15) is 6.04 Å². The summed E-state index contributed by atoms with van der Waals surface area (Å²) in [6, 6.07) is 6.94. The maximum atomic E-state index is 13.0. The number of fused-ring (bicyclic) bond motifs is 2. The summed E-state index contributed by atoms with van der Waals surface area (Å²) < 4.78 is 11.8. The minimum Gasteiger partial charge on any atom is -0.467 e. The van der Waals surface area contributed by atoms with Crippen LogP contribution in [-0.2, 0) is 20.9 Å². The van der Waals surface area contributed by atoms with Crippen LogP contribution in [0.15, 0.2) is 33.5 Å². The molecule has 4 rings (SSSR count). The third-order valence-corrected chi connectivity index (χ3v) is 6.20. The second-order valence-corrected chi connectivity index (χ2v) is 7.78. The van der Waals surface area contributed by atoms with E-state index in [0.29, 0.717) is 37.3 Å². The molecule has 1 aromatic heterocycles. The first-order valence-corrected chi connectivity index (χ1v) is 10.1. The number of esters is 1. The smallest absolute Gasteiger partial charge is 0.419 e. The number of carbonyl (C=O) groups is 2. The molecule has 1 aromatic carbocycles. The number of ether oxygens (including phenoxy) is 1. The van der Waals surface area contributed by atoms with E-state index in [1.807, 2.05) is 18.2 Å². The van der Waals surface area contributed by atoms with Gasteiger partial charge in [0, 0.05) is 19.0 Å². The number of likely N-dealkylation sites (tertiary alicyclic amines) is 1. The molecule has 150 valence electrons. The van der Waals surface area contributed by atoms with Gasteiger partial charge >= 0.3 is 11.7 Å². The van der Waals surface area contributed by atoms with Gasteiger partial charge in [0.25, 0.3) is 0 Å². The first-order chi connectivity index (χ1) is 13.6. The predicted molar refractivity (Wildman–Crippen MR) is 103 cm³/mol. The van der Waals surface area contributed by atoms with E-state index in [2.05, 4.69) is 0 Å². The van der Waals surface area contributed by atoms with Crippen molar-refractivity contribution < 1.29 is 18.7 Å². The van der Waals surface area contributed by atoms with E-state index < -0.39 is 11.8 Å². The Bertz CT molecular complexity index is 930. The largest absolute Gasteiger partial charge is 0.467 e. The highest BCUT2D eigenvalue weighted by Crippen LogP contribution is 2.40. The summed E-state index contributed by atoms with van der Waals surface area (Å²) >= 11 is 0. The molecule has 0 bridgehead atoms. The molecule has 0 radical (unpaired) electrons. The van der Waals surface area contributed by atoms with Crippen LogP contribution in [0.1, 0.15) is 44.9 Å². The molecular weight excluding hydrogens is 360 g/mol. The van der Waals surface area contributed by atoms with Gasteiger partial charge in [-0.15, -0.1) is 0 Å². The molecule has 0 spiro atoms. The van der Waals surface area contributed by atoms with E-state index in [1.54, 1.807) is 15.5 Å². The molecule has 2 heterocycles. The molecule has 1 aliphatic heterocycles. The molecule has 1 saturated carbocycles. The minimum atomic E-state index is -0.469. The maximum Gasteiger partial charge on any atom is 0.419 e. The van der Waals surface area contributed by atoms with Gasteiger partial charge in [0.05, 0.1) is 12.6 Å². The Labute approximate surface area is 163 Å². The van der Waals surface area contributed by atoms with Crippen LogP contribution in [-0.4, -0.2) is 40.5 Å². The number of hydrogen-bond acceptors (Lipinski definition) is 5. The number of methoxy groups -OCH3 is 1. The van der Waals surface area contributed by atoms with Gasteiger partial charge in [-0.1, -0.05) is 25.0 Å². The zero-order valence-electron chi connectivity index (χ0n) is 16.1. The Balaban J connectivity index is 1.45. The Morgan fingerprint density at radius 3 is 2.82 bits per heavy atom. The topological polar surface area (TPSA) is 81.8 Å². The highest BCUT2D eigenvalue weighted by molar-refractivity contribution is 5.85. The molecule has 2 aliphatic rings. The molecule has 1 aliphatic carbocycles. The van der Waals surface area contributed by atoms with E-state index in [4.69, 9.17) is 9.15 Å². The Morgan fingerprint density at radius 2 is 2.00 bits per heavy atom. The van der Waals surface area contributed by atoms with E-state index in [0.717, 1.165) is 31.2 Å². The number of aryl methyl sites for hydroxylation is 1. The number of carbonyl (C=O) groups excluding carboxylic acids is 2. The lowest BCUT2D eigenvalue weighted by Crippen LogP contribution is -2.46. The fourth-order valence-electron chi connectivity index (χ4n) is 4.91. The van der Waals surface area contributed by atoms with Crippen molar-refractivity contribution in [3.05, 3.63) is 34.8 Å². The van der Waals surface area contributed by atoms with Gasteiger partial charge in [0.2, 0.25) is 5.91 Å². The van der Waals surface area contributed by atoms with Crippen molar-refractivity contribution in [3.8, 4) is 0 Å². The van der Waals surface area contributed by atoms with Crippen LogP contribution in [0.25, 0.3) is 11.1 Å². The maximum absolute atomic E-state index is 13.0. The highest BCUT2D eigenvalue weighted by atomic mass is 16.5. The number of benzene rings is 1. The average Bonchev–Trinajstić information content (AvgIpc) is 3.25. The molecule has 7 heteroatoms. The fraction of sp³-hybridized carbons (Fsp3) is 0.571. The van der Waals surface area contributed by atoms with Crippen LogP contribution in [0.5, 0.6) is 0 Å². The van der Waals surface area contributed by atoms with Crippen molar-refractivity contribution in [1.82, 2.24) is 9.47 Å². The summed E-state index contributed by atoms with van der Waals surface area (Å²) in [7, 11) is 1.38. The summed E-state index contributed by atoms with van der Waals surface area (Å²) in [5.41, 5.74) is 1.29. The second kappa shape index (κ2) is 7.81. The molecule has 7 nitrogen and oxygen atoms in total. The Hall–Kier alpha value is -2.57. The summed E-state index contributed by atoms with van der Waals surface area (Å²) in [6.45, 7) is 0.409. The van der Waals surface area contributed by atoms with Crippen LogP contribution < -0.4 is 5.76 Å². The first-order valence-electron chi connectivity index (χ1n) is 10.1. The van der Waals surface area contributed by atoms with Gasteiger partial charge in [-0.2, -0.15) is 0 Å². The predicted octanol–water partition coefficient (Wildman–Crippen LogP) is 2.71. The van der Waals surface area contributed by atoms with Crippen molar-refractivity contribution >= 4 is 23.0 Å². The van der Waals surface area contributed by atoms with Gasteiger partial charge in [-0.25, -0.2) is 9.59 Å². The van der Waals surface area contributed by atoms with E-state index in [-0.39, 0.29) is 17.9 Å². The summed E-state index contributed by atoms with van der Waals surface area (Å²) in [4.78, 5) is 39.1. The van der Waals surface area contributed by atoms with Crippen LogP contribution in [0.3, 0.4) is 0 Å². The minimum absolute atomic E-state index is 0.0225. The van der Waals surface area contributed by atoms with Gasteiger partial charge < -0.3 is 14.1 Å². The third kappa shape index (κ3) is 3.34. The van der Waals surface area contributed by atoms with Crippen molar-refractivity contribution in [2.45, 2.75) is 63.6 Å². The van der Waals surface area contributed by atoms with Crippen LogP contribution in [0.2, 0.25) is 0 Å². The molecule has 2 fully saturated rings. The van der Waals surface area contributed by atoms with Crippen LogP contribution >= 0.6 is 0 Å². The number of aromatic nitrogens is 1.